The van der Waals surface area contributed by atoms with Crippen molar-refractivity contribution in [3.05, 3.63) is 193 Å². The van der Waals surface area contributed by atoms with Crippen molar-refractivity contribution in [2.24, 2.45) is 0 Å². The van der Waals surface area contributed by atoms with Crippen molar-refractivity contribution in [2.75, 3.05) is 0 Å². The Labute approximate surface area is 334 Å². The van der Waals surface area contributed by atoms with Crippen LogP contribution in [0.15, 0.2) is 176 Å². The summed E-state index contributed by atoms with van der Waals surface area (Å²) in [6, 6.07) is 60.7. The van der Waals surface area contributed by atoms with Gasteiger partial charge in [-0.15, -0.1) is 11.3 Å². The number of rotatable bonds is 4. The maximum absolute atomic E-state index is 4.74. The normalized spacial score (nSPS) is 12.9. The Morgan fingerprint density at radius 2 is 1.02 bits per heavy atom. The highest BCUT2D eigenvalue weighted by Crippen LogP contribution is 2.41. The minimum atomic E-state index is 0.956. The summed E-state index contributed by atoms with van der Waals surface area (Å²) in [5, 5.41) is 9.93. The van der Waals surface area contributed by atoms with Crippen LogP contribution in [0.3, 0.4) is 0 Å². The molecule has 2 heterocycles. The summed E-state index contributed by atoms with van der Waals surface area (Å²) in [7, 11) is 0. The molecule has 0 atom stereocenters. The second-order valence-electron chi connectivity index (χ2n) is 15.3. The zero-order chi connectivity index (χ0) is 37.5. The van der Waals surface area contributed by atoms with E-state index < -0.39 is 0 Å². The largest absolute Gasteiger partial charge is 0.252 e. The average Bonchev–Trinajstić information content (AvgIpc) is 3.67. The lowest BCUT2D eigenvalue weighted by atomic mass is 9.86. The molecule has 2 nitrogen and oxygen atoms in total. The number of allylic oxidation sites excluding steroid dienone is 1. The smallest absolute Gasteiger partial charge is 0.0971 e. The number of hydrogen-bond acceptors (Lipinski definition) is 3. The maximum atomic E-state index is 4.74. The molecular formula is C54H34N2S. The van der Waals surface area contributed by atoms with E-state index in [1.165, 1.54) is 97.4 Å². The number of nitrogens with zero attached hydrogens (tertiary/aromatic N) is 2. The molecule has 0 aliphatic heterocycles. The second-order valence-corrected chi connectivity index (χ2v) is 16.3. The average molecular weight is 743 g/mol. The Kier molecular flexibility index (Phi) is 7.26. The third-order valence-electron chi connectivity index (χ3n) is 12.1. The molecule has 0 saturated heterocycles. The molecule has 0 saturated carbocycles. The van der Waals surface area contributed by atoms with Gasteiger partial charge in [-0.3, -0.25) is 9.97 Å². The van der Waals surface area contributed by atoms with Crippen molar-refractivity contribution < 1.29 is 0 Å². The molecule has 2 aromatic heterocycles. The number of hydrogen-bond donors (Lipinski definition) is 0. The first-order valence-electron chi connectivity index (χ1n) is 19.7. The fraction of sp³-hybridized carbons (Fsp3) is 0.0370. The first-order valence-corrected chi connectivity index (χ1v) is 20.5. The van der Waals surface area contributed by atoms with Gasteiger partial charge in [-0.1, -0.05) is 146 Å². The molecule has 0 fully saturated rings. The number of fused-ring (bicyclic) bond motifs is 11. The second kappa shape index (κ2) is 12.8. The van der Waals surface area contributed by atoms with E-state index in [1.54, 1.807) is 12.4 Å². The molecule has 0 amide bonds. The first-order chi connectivity index (χ1) is 28.2. The van der Waals surface area contributed by atoms with Gasteiger partial charge in [0.25, 0.3) is 0 Å². The summed E-state index contributed by atoms with van der Waals surface area (Å²) in [5.41, 5.74) is 14.8. The highest BCUT2D eigenvalue weighted by molar-refractivity contribution is 7.26. The van der Waals surface area contributed by atoms with E-state index >= 15 is 0 Å². The van der Waals surface area contributed by atoms with Crippen molar-refractivity contribution in [3.63, 3.8) is 0 Å². The predicted octanol–water partition coefficient (Wildman–Crippen LogP) is 14.9. The molecule has 12 rings (SSSR count). The van der Waals surface area contributed by atoms with Gasteiger partial charge in [0.15, 0.2) is 0 Å². The van der Waals surface area contributed by atoms with Crippen LogP contribution in [0, 0.1) is 0 Å². The third-order valence-corrected chi connectivity index (χ3v) is 13.3. The summed E-state index contributed by atoms with van der Waals surface area (Å²) in [4.78, 5) is 9.44. The molecule has 0 bridgehead atoms. The molecule has 1 aliphatic rings. The van der Waals surface area contributed by atoms with Crippen LogP contribution in [-0.2, 0) is 6.42 Å². The standard InChI is InChI=1S/C54H34N2S/c1-2-8-47-45(6-1)50-32-43(24-25-48(50)53-52(47)55-26-27-56-53)42-23-22-40-30-39(20-21-41(40)31-42)38-19-18-36-28-35(16-17-37(36)29-38)33-12-14-34(15-13-33)44-9-5-10-49-46-7-3-4-11-51(46)57-54(44)49/h1-19,22-32H,20-21H2. The number of thiophene rings is 1. The summed E-state index contributed by atoms with van der Waals surface area (Å²) in [5.74, 6) is 0. The predicted molar refractivity (Wildman–Crippen MR) is 244 cm³/mol. The van der Waals surface area contributed by atoms with Gasteiger partial charge in [-0.2, -0.15) is 0 Å². The third kappa shape index (κ3) is 5.31. The Balaban J connectivity index is 0.822. The van der Waals surface area contributed by atoms with Crippen LogP contribution >= 0.6 is 11.3 Å². The minimum Gasteiger partial charge on any atom is -0.252 e. The van der Waals surface area contributed by atoms with Crippen molar-refractivity contribution >= 4 is 86.5 Å². The Bertz CT molecular complexity index is 3430. The van der Waals surface area contributed by atoms with Crippen LogP contribution in [0.4, 0.5) is 0 Å². The molecule has 0 N–H and O–H groups in total. The van der Waals surface area contributed by atoms with Crippen molar-refractivity contribution in [2.45, 2.75) is 12.8 Å². The van der Waals surface area contributed by atoms with Crippen LogP contribution in [0.5, 0.6) is 0 Å². The molecular weight excluding hydrogens is 709 g/mol. The van der Waals surface area contributed by atoms with Crippen LogP contribution < -0.4 is 0 Å². The topological polar surface area (TPSA) is 25.8 Å². The van der Waals surface area contributed by atoms with E-state index in [-0.39, 0.29) is 0 Å². The van der Waals surface area contributed by atoms with Gasteiger partial charge in [0, 0.05) is 43.3 Å². The molecule has 57 heavy (non-hydrogen) atoms. The quantitative estimate of drug-likeness (QED) is 0.168. The molecule has 1 aliphatic carbocycles. The van der Waals surface area contributed by atoms with Gasteiger partial charge in [0.05, 0.1) is 11.0 Å². The van der Waals surface area contributed by atoms with Crippen LogP contribution in [0.2, 0.25) is 0 Å². The van der Waals surface area contributed by atoms with Crippen molar-refractivity contribution in [1.29, 1.82) is 0 Å². The highest BCUT2D eigenvalue weighted by atomic mass is 32.1. The van der Waals surface area contributed by atoms with Gasteiger partial charge in [0.1, 0.15) is 0 Å². The van der Waals surface area contributed by atoms with E-state index in [4.69, 9.17) is 9.97 Å². The summed E-state index contributed by atoms with van der Waals surface area (Å²) in [6.07, 6.45) is 8.02. The summed E-state index contributed by atoms with van der Waals surface area (Å²) >= 11 is 1.89. The van der Waals surface area contributed by atoms with Gasteiger partial charge in [0.2, 0.25) is 0 Å². The maximum Gasteiger partial charge on any atom is 0.0971 e. The first kappa shape index (κ1) is 32.3. The summed E-state index contributed by atoms with van der Waals surface area (Å²) < 4.78 is 2.70. The lowest BCUT2D eigenvalue weighted by molar-refractivity contribution is 1.00. The van der Waals surface area contributed by atoms with E-state index in [9.17, 15) is 0 Å². The van der Waals surface area contributed by atoms with Gasteiger partial charge in [-0.05, 0) is 114 Å². The zero-order valence-electron chi connectivity index (χ0n) is 31.0. The lowest BCUT2D eigenvalue weighted by Crippen LogP contribution is -1.99. The monoisotopic (exact) mass is 742 g/mol. The lowest BCUT2D eigenvalue weighted by Gasteiger charge is -2.19. The molecule has 0 spiro atoms. The van der Waals surface area contributed by atoms with Gasteiger partial charge >= 0.3 is 0 Å². The van der Waals surface area contributed by atoms with E-state index in [0.717, 1.165) is 34.6 Å². The van der Waals surface area contributed by atoms with Gasteiger partial charge < -0.3 is 0 Å². The molecule has 0 radical (unpaired) electrons. The van der Waals surface area contributed by atoms with Crippen molar-refractivity contribution in [3.8, 4) is 33.4 Å². The molecule has 266 valence electrons. The fourth-order valence-electron chi connectivity index (χ4n) is 9.15. The van der Waals surface area contributed by atoms with Crippen LogP contribution in [0.25, 0.3) is 109 Å². The molecule has 9 aromatic carbocycles. The van der Waals surface area contributed by atoms with E-state index in [0.29, 0.717) is 0 Å². The van der Waals surface area contributed by atoms with Crippen LogP contribution in [0.1, 0.15) is 23.1 Å². The molecule has 11 aromatic rings. The van der Waals surface area contributed by atoms with E-state index in [2.05, 4.69) is 170 Å². The molecule has 3 heteroatoms. The Morgan fingerprint density at radius 1 is 0.404 bits per heavy atom. The van der Waals surface area contributed by atoms with Gasteiger partial charge in [-0.25, -0.2) is 0 Å². The zero-order valence-corrected chi connectivity index (χ0v) is 31.9. The highest BCUT2D eigenvalue weighted by Gasteiger charge is 2.16. The Morgan fingerprint density at radius 3 is 1.86 bits per heavy atom. The van der Waals surface area contributed by atoms with Crippen LogP contribution in [-0.4, -0.2) is 9.97 Å². The minimum absolute atomic E-state index is 0.956. The SMILES string of the molecule is C1=C(c2ccc3cc(-c4ccc(-c5cccc6c5sc5ccccc56)cc4)ccc3c2)CCc2cc(-c3ccc4c(c3)c3ccccc3c3nccnc43)ccc21. The molecule has 0 unspecified atom stereocenters. The fourth-order valence-corrected chi connectivity index (χ4v) is 10.4. The summed E-state index contributed by atoms with van der Waals surface area (Å²) in [6.45, 7) is 0. The number of benzene rings is 9. The number of aryl methyl sites for hydroxylation is 1. The Hall–Kier alpha value is -6.94. The van der Waals surface area contributed by atoms with Crippen molar-refractivity contribution in [1.82, 2.24) is 9.97 Å². The van der Waals surface area contributed by atoms with E-state index in [1.807, 2.05) is 11.3 Å². The number of aromatic nitrogens is 2.